The zero-order chi connectivity index (χ0) is 13.9. The Labute approximate surface area is 118 Å². The van der Waals surface area contributed by atoms with Gasteiger partial charge in [0.15, 0.2) is 6.29 Å². The molecule has 0 saturated carbocycles. The first-order valence-corrected chi connectivity index (χ1v) is 6.99. The van der Waals surface area contributed by atoms with Gasteiger partial charge in [-0.2, -0.15) is 0 Å². The molecule has 1 aliphatic heterocycles. The average molecular weight is 270 g/mol. The molecule has 0 atom stereocenters. The fourth-order valence-corrected chi connectivity index (χ4v) is 2.66. The van der Waals surface area contributed by atoms with Crippen molar-refractivity contribution >= 4 is 16.6 Å². The van der Waals surface area contributed by atoms with Crippen molar-refractivity contribution in [2.45, 2.75) is 26.1 Å². The summed E-state index contributed by atoms with van der Waals surface area (Å²) in [7, 11) is 0. The number of rotatable bonds is 4. The minimum Gasteiger partial charge on any atom is -0.346 e. The van der Waals surface area contributed by atoms with Gasteiger partial charge in [0, 0.05) is 12.0 Å². The van der Waals surface area contributed by atoms with E-state index >= 15 is 0 Å². The number of fused-ring (bicyclic) bond motifs is 1. The summed E-state index contributed by atoms with van der Waals surface area (Å²) in [6.45, 7) is 2.92. The Morgan fingerprint density at radius 3 is 2.50 bits per heavy atom. The van der Waals surface area contributed by atoms with Gasteiger partial charge in [0.05, 0.1) is 13.2 Å². The third-order valence-corrected chi connectivity index (χ3v) is 3.67. The highest BCUT2D eigenvalue weighted by molar-refractivity contribution is 5.89. The van der Waals surface area contributed by atoms with Crippen molar-refractivity contribution in [2.24, 2.45) is 0 Å². The fraction of sp³-hybridized carbons (Fsp3) is 0.353. The highest BCUT2D eigenvalue weighted by Gasteiger charge is 2.21. The van der Waals surface area contributed by atoms with E-state index in [4.69, 9.17) is 9.47 Å². The second-order valence-electron chi connectivity index (χ2n) is 5.14. The summed E-state index contributed by atoms with van der Waals surface area (Å²) >= 11 is 0. The first-order chi connectivity index (χ1) is 9.75. The molecule has 2 aromatic rings. The van der Waals surface area contributed by atoms with E-state index in [0.29, 0.717) is 19.6 Å². The van der Waals surface area contributed by atoms with Crippen molar-refractivity contribution in [3.05, 3.63) is 47.5 Å². The first kappa shape index (κ1) is 13.3. The molecular weight excluding hydrogens is 252 g/mol. The van der Waals surface area contributed by atoms with Crippen molar-refractivity contribution in [3.63, 3.8) is 0 Å². The number of hydrogen-bond acceptors (Lipinski definition) is 3. The van der Waals surface area contributed by atoms with E-state index in [9.17, 15) is 4.79 Å². The Kier molecular flexibility index (Phi) is 3.81. The molecule has 1 saturated heterocycles. The first-order valence-electron chi connectivity index (χ1n) is 6.99. The van der Waals surface area contributed by atoms with Crippen LogP contribution in [0.2, 0.25) is 0 Å². The van der Waals surface area contributed by atoms with Crippen LogP contribution in [0, 0.1) is 0 Å². The Morgan fingerprint density at radius 1 is 1.10 bits per heavy atom. The third-order valence-electron chi connectivity index (χ3n) is 3.67. The standard InChI is InChI=1S/C17H18O3/c1-12(18)6-7-13-8-9-16(17-19-10-11-20-17)15-5-3-2-4-14(13)15/h2-5,8-9,17H,6-7,10-11H2,1H3. The van der Waals surface area contributed by atoms with Crippen LogP contribution in [-0.4, -0.2) is 19.0 Å². The van der Waals surface area contributed by atoms with Gasteiger partial charge in [-0.1, -0.05) is 36.4 Å². The minimum atomic E-state index is -0.262. The molecule has 1 aliphatic rings. The van der Waals surface area contributed by atoms with Crippen LogP contribution in [0.3, 0.4) is 0 Å². The summed E-state index contributed by atoms with van der Waals surface area (Å²) in [5, 5.41) is 2.34. The fourth-order valence-electron chi connectivity index (χ4n) is 2.66. The van der Waals surface area contributed by atoms with E-state index in [1.807, 2.05) is 12.1 Å². The van der Waals surface area contributed by atoms with Crippen LogP contribution in [-0.2, 0) is 20.7 Å². The van der Waals surface area contributed by atoms with Crippen LogP contribution in [0.5, 0.6) is 0 Å². The monoisotopic (exact) mass is 270 g/mol. The van der Waals surface area contributed by atoms with E-state index in [2.05, 4.69) is 24.3 Å². The molecule has 0 bridgehead atoms. The molecule has 1 heterocycles. The lowest BCUT2D eigenvalue weighted by Gasteiger charge is -2.15. The lowest BCUT2D eigenvalue weighted by molar-refractivity contribution is -0.116. The van der Waals surface area contributed by atoms with Gasteiger partial charge in [-0.3, -0.25) is 0 Å². The SMILES string of the molecule is CC(=O)CCc1ccc(C2OCCO2)c2ccccc12. The normalized spacial score (nSPS) is 15.8. The van der Waals surface area contributed by atoms with Gasteiger partial charge in [-0.25, -0.2) is 0 Å². The van der Waals surface area contributed by atoms with Crippen LogP contribution < -0.4 is 0 Å². The molecule has 2 aromatic carbocycles. The van der Waals surface area contributed by atoms with Crippen molar-refractivity contribution in [3.8, 4) is 0 Å². The van der Waals surface area contributed by atoms with Crippen LogP contribution in [0.1, 0.15) is 30.8 Å². The molecule has 3 heteroatoms. The van der Waals surface area contributed by atoms with Gasteiger partial charge in [-0.15, -0.1) is 0 Å². The van der Waals surface area contributed by atoms with E-state index in [-0.39, 0.29) is 12.1 Å². The van der Waals surface area contributed by atoms with Crippen LogP contribution >= 0.6 is 0 Å². The number of carbonyl (C=O) groups excluding carboxylic acids is 1. The summed E-state index contributed by atoms with van der Waals surface area (Å²) in [6.07, 6.45) is 1.10. The molecule has 0 amide bonds. The zero-order valence-corrected chi connectivity index (χ0v) is 11.6. The smallest absolute Gasteiger partial charge is 0.184 e. The highest BCUT2D eigenvalue weighted by atomic mass is 16.7. The second-order valence-corrected chi connectivity index (χ2v) is 5.14. The molecule has 0 radical (unpaired) electrons. The summed E-state index contributed by atoms with van der Waals surface area (Å²) in [5.74, 6) is 0.223. The van der Waals surface area contributed by atoms with Gasteiger partial charge >= 0.3 is 0 Å². The Hall–Kier alpha value is -1.71. The van der Waals surface area contributed by atoms with E-state index in [0.717, 1.165) is 17.4 Å². The van der Waals surface area contributed by atoms with Gasteiger partial charge < -0.3 is 14.3 Å². The van der Waals surface area contributed by atoms with Gasteiger partial charge in [0.1, 0.15) is 5.78 Å². The van der Waals surface area contributed by atoms with Gasteiger partial charge in [0.2, 0.25) is 0 Å². The molecule has 20 heavy (non-hydrogen) atoms. The summed E-state index contributed by atoms with van der Waals surface area (Å²) < 4.78 is 11.2. The van der Waals surface area contributed by atoms with Crippen LogP contribution in [0.4, 0.5) is 0 Å². The largest absolute Gasteiger partial charge is 0.346 e. The molecule has 0 unspecified atom stereocenters. The van der Waals surface area contributed by atoms with E-state index in [1.54, 1.807) is 6.92 Å². The molecule has 0 aliphatic carbocycles. The quantitative estimate of drug-likeness (QED) is 0.854. The van der Waals surface area contributed by atoms with Gasteiger partial charge in [-0.05, 0) is 29.7 Å². The van der Waals surface area contributed by atoms with Crippen LogP contribution in [0.25, 0.3) is 10.8 Å². The lowest BCUT2D eigenvalue weighted by atomic mass is 9.96. The summed E-state index contributed by atoms with van der Waals surface area (Å²) in [6, 6.07) is 12.4. The minimum absolute atomic E-state index is 0.223. The molecular formula is C17H18O3. The number of ketones is 1. The topological polar surface area (TPSA) is 35.5 Å². The molecule has 0 N–H and O–H groups in total. The molecule has 1 fully saturated rings. The second kappa shape index (κ2) is 5.73. The van der Waals surface area contributed by atoms with Crippen molar-refractivity contribution in [1.29, 1.82) is 0 Å². The molecule has 3 rings (SSSR count). The Bertz CT molecular complexity index is 627. The van der Waals surface area contributed by atoms with Crippen molar-refractivity contribution in [1.82, 2.24) is 0 Å². The molecule has 104 valence electrons. The number of Topliss-reactive ketones (excluding diaryl/α,β-unsaturated/α-hetero) is 1. The van der Waals surface area contributed by atoms with Crippen LogP contribution in [0.15, 0.2) is 36.4 Å². The molecule has 3 nitrogen and oxygen atoms in total. The van der Waals surface area contributed by atoms with Gasteiger partial charge in [0.25, 0.3) is 0 Å². The Morgan fingerprint density at radius 2 is 1.80 bits per heavy atom. The highest BCUT2D eigenvalue weighted by Crippen LogP contribution is 2.32. The van der Waals surface area contributed by atoms with E-state index in [1.165, 1.54) is 10.9 Å². The number of ether oxygens (including phenoxy) is 2. The van der Waals surface area contributed by atoms with Crippen molar-refractivity contribution < 1.29 is 14.3 Å². The predicted octanol–water partition coefficient (Wildman–Crippen LogP) is 3.41. The number of carbonyl (C=O) groups is 1. The maximum Gasteiger partial charge on any atom is 0.184 e. The maximum atomic E-state index is 11.2. The molecule has 0 aromatic heterocycles. The zero-order valence-electron chi connectivity index (χ0n) is 11.6. The Balaban J connectivity index is 2.02. The average Bonchev–Trinajstić information content (AvgIpc) is 2.98. The maximum absolute atomic E-state index is 11.2. The number of aryl methyl sites for hydroxylation is 1. The predicted molar refractivity (Wildman–Crippen MR) is 77.6 cm³/mol. The van der Waals surface area contributed by atoms with Crippen molar-refractivity contribution in [2.75, 3.05) is 13.2 Å². The number of hydrogen-bond donors (Lipinski definition) is 0. The summed E-state index contributed by atoms with van der Waals surface area (Å²) in [5.41, 5.74) is 2.28. The lowest BCUT2D eigenvalue weighted by Crippen LogP contribution is -2.01. The van der Waals surface area contributed by atoms with E-state index < -0.39 is 0 Å². The summed E-state index contributed by atoms with van der Waals surface area (Å²) in [4.78, 5) is 11.2. The molecule has 0 spiro atoms. The third kappa shape index (κ3) is 2.60. The number of benzene rings is 2.